The number of aromatic nitrogens is 2. The van der Waals surface area contributed by atoms with Crippen LogP contribution in [0.5, 0.6) is 0 Å². The van der Waals surface area contributed by atoms with Gasteiger partial charge in [-0.05, 0) is 134 Å². The number of fused-ring (bicyclic) bond motifs is 2. The van der Waals surface area contributed by atoms with Crippen molar-refractivity contribution in [1.29, 1.82) is 0 Å². The summed E-state index contributed by atoms with van der Waals surface area (Å²) < 4.78 is 50.6. The Labute approximate surface area is 378 Å². The minimum Gasteiger partial charge on any atom is -0.477 e. The van der Waals surface area contributed by atoms with Crippen LogP contribution in [0.2, 0.25) is 10.0 Å². The largest absolute Gasteiger partial charge is 0.477 e. The Morgan fingerprint density at radius 3 is 1.68 bits per heavy atom. The minimum absolute atomic E-state index is 0. The highest BCUT2D eigenvalue weighted by molar-refractivity contribution is 6.31. The first kappa shape index (κ1) is 52.7. The summed E-state index contributed by atoms with van der Waals surface area (Å²) in [6.07, 6.45) is 2.19. The standard InChI is InChI=1S/C22H27ClF3N3O3.C14H27NO2.C9H6ClNO2.CH4/c1-21(2,3)32-20(31)28-8-4-5-14(11-28)12-29(13-22(24,25)26)19(30)18-10-15-9-16(23)6-7-17(15)27-18;1-5-6-8-12-9-7-10-15(11-12)13(16)17-14(2,3)4;10-6-1-2-7-5(3-6)4-8(11-7)9(12)13;/h6-7,9-10,14,27H,4-5,8,11-13H2,1-3H3;12H,5-11H2,1-4H3;1-4,11H,(H,12,13);1H4. The van der Waals surface area contributed by atoms with Gasteiger partial charge < -0.3 is 39.2 Å². The molecule has 12 nitrogen and oxygen atoms in total. The molecule has 4 heterocycles. The van der Waals surface area contributed by atoms with Crippen molar-refractivity contribution in [3.63, 3.8) is 0 Å². The van der Waals surface area contributed by atoms with Gasteiger partial charge in [0.15, 0.2) is 0 Å². The van der Waals surface area contributed by atoms with Crippen LogP contribution in [-0.4, -0.2) is 110 Å². The van der Waals surface area contributed by atoms with Crippen molar-refractivity contribution in [3.8, 4) is 0 Å². The molecule has 350 valence electrons. The van der Waals surface area contributed by atoms with Crippen LogP contribution in [0.25, 0.3) is 21.8 Å². The molecule has 2 aliphatic rings. The number of carbonyl (C=O) groups is 4. The number of unbranched alkanes of at least 4 members (excludes halogenated alkanes) is 1. The smallest absolute Gasteiger partial charge is 0.410 e. The number of carboxylic acid groups (broad SMARTS) is 1. The molecule has 0 bridgehead atoms. The number of carboxylic acids is 1. The monoisotopic (exact) mass is 925 g/mol. The lowest BCUT2D eigenvalue weighted by molar-refractivity contribution is -0.142. The highest BCUT2D eigenvalue weighted by atomic mass is 35.5. The van der Waals surface area contributed by atoms with Crippen LogP contribution in [-0.2, 0) is 9.47 Å². The van der Waals surface area contributed by atoms with Crippen molar-refractivity contribution in [3.05, 3.63) is 70.0 Å². The Bertz CT molecular complexity index is 2140. The van der Waals surface area contributed by atoms with Gasteiger partial charge in [-0.15, -0.1) is 0 Å². The summed E-state index contributed by atoms with van der Waals surface area (Å²) in [7, 11) is 0. The molecule has 4 aromatic rings. The van der Waals surface area contributed by atoms with Crippen LogP contribution in [0.15, 0.2) is 48.5 Å². The van der Waals surface area contributed by atoms with Gasteiger partial charge in [0.05, 0.1) is 0 Å². The summed E-state index contributed by atoms with van der Waals surface area (Å²) in [6, 6.07) is 13.2. The molecular formula is C46H64Cl2F3N5O7. The van der Waals surface area contributed by atoms with Gasteiger partial charge in [0.25, 0.3) is 5.91 Å². The summed E-state index contributed by atoms with van der Waals surface area (Å²) in [5, 5.41) is 11.2. The summed E-state index contributed by atoms with van der Waals surface area (Å²) in [5.41, 5.74) is 0.581. The number of hydrogen-bond acceptors (Lipinski definition) is 6. The number of nitrogens with one attached hydrogen (secondary N) is 2. The van der Waals surface area contributed by atoms with Crippen molar-refractivity contribution in [2.24, 2.45) is 11.8 Å². The molecule has 2 unspecified atom stereocenters. The number of aromatic amines is 2. The van der Waals surface area contributed by atoms with Gasteiger partial charge in [0, 0.05) is 64.6 Å². The summed E-state index contributed by atoms with van der Waals surface area (Å²) >= 11 is 11.7. The number of ether oxygens (including phenoxy) is 2. The fourth-order valence-electron chi connectivity index (χ4n) is 7.35. The van der Waals surface area contributed by atoms with Crippen LogP contribution >= 0.6 is 23.2 Å². The normalized spacial score (nSPS) is 16.8. The van der Waals surface area contributed by atoms with Gasteiger partial charge >= 0.3 is 24.3 Å². The van der Waals surface area contributed by atoms with Crippen LogP contribution in [0.1, 0.15) is 122 Å². The first-order valence-electron chi connectivity index (χ1n) is 21.0. The molecule has 0 radical (unpaired) electrons. The Morgan fingerprint density at radius 2 is 1.22 bits per heavy atom. The number of piperidine rings is 2. The fraction of sp³-hybridized carbons (Fsp3) is 0.565. The number of rotatable bonds is 8. The molecular weight excluding hydrogens is 862 g/mol. The van der Waals surface area contributed by atoms with E-state index in [0.29, 0.717) is 46.3 Å². The van der Waals surface area contributed by atoms with Gasteiger partial charge in [0.1, 0.15) is 29.1 Å². The third-order valence-electron chi connectivity index (χ3n) is 10.1. The summed E-state index contributed by atoms with van der Waals surface area (Å²) in [4.78, 5) is 57.7. The number of halogens is 5. The molecule has 6 rings (SSSR count). The van der Waals surface area contributed by atoms with Gasteiger partial charge in [-0.3, -0.25) is 4.79 Å². The predicted molar refractivity (Wildman–Crippen MR) is 243 cm³/mol. The molecule has 2 aromatic heterocycles. The maximum absolute atomic E-state index is 13.3. The first-order valence-corrected chi connectivity index (χ1v) is 21.8. The molecule has 2 aliphatic heterocycles. The Morgan fingerprint density at radius 1 is 0.762 bits per heavy atom. The molecule has 2 atom stereocenters. The average molecular weight is 927 g/mol. The molecule has 0 spiro atoms. The van der Waals surface area contributed by atoms with Gasteiger partial charge in [-0.2, -0.15) is 13.2 Å². The van der Waals surface area contributed by atoms with E-state index in [-0.39, 0.29) is 49.5 Å². The molecule has 2 aromatic carbocycles. The molecule has 3 amide bonds. The van der Waals surface area contributed by atoms with E-state index in [9.17, 15) is 32.3 Å². The number of benzene rings is 2. The molecule has 17 heteroatoms. The molecule has 3 N–H and O–H groups in total. The van der Waals surface area contributed by atoms with Gasteiger partial charge in [-0.1, -0.05) is 50.4 Å². The molecule has 0 aliphatic carbocycles. The van der Waals surface area contributed by atoms with E-state index < -0.39 is 36.3 Å². The Kier molecular flexibility index (Phi) is 19.1. The molecule has 2 saturated heterocycles. The van der Waals surface area contributed by atoms with Crippen molar-refractivity contribution in [2.45, 2.75) is 118 Å². The van der Waals surface area contributed by atoms with Gasteiger partial charge in [0.2, 0.25) is 0 Å². The third-order valence-corrected chi connectivity index (χ3v) is 10.5. The topological polar surface area (TPSA) is 148 Å². The van der Waals surface area contributed by atoms with Crippen LogP contribution in [0, 0.1) is 11.8 Å². The van der Waals surface area contributed by atoms with E-state index in [1.54, 1.807) is 63.2 Å². The zero-order chi connectivity index (χ0) is 46.0. The van der Waals surface area contributed by atoms with Crippen molar-refractivity contribution < 1.29 is 46.9 Å². The van der Waals surface area contributed by atoms with E-state index in [4.69, 9.17) is 37.8 Å². The van der Waals surface area contributed by atoms with Crippen LogP contribution < -0.4 is 0 Å². The number of H-pyrrole nitrogens is 2. The number of aromatic carboxylic acids is 1. The maximum atomic E-state index is 13.3. The van der Waals surface area contributed by atoms with Gasteiger partial charge in [-0.25, -0.2) is 14.4 Å². The summed E-state index contributed by atoms with van der Waals surface area (Å²) in [5.74, 6) is -1.33. The number of amides is 3. The van der Waals surface area contributed by atoms with Crippen LogP contribution in [0.4, 0.5) is 22.8 Å². The average Bonchev–Trinajstić information content (AvgIpc) is 3.80. The minimum atomic E-state index is -4.55. The number of carbonyl (C=O) groups excluding carboxylic acids is 3. The fourth-order valence-corrected chi connectivity index (χ4v) is 7.71. The molecule has 63 heavy (non-hydrogen) atoms. The van der Waals surface area contributed by atoms with Crippen molar-refractivity contribution in [1.82, 2.24) is 24.7 Å². The van der Waals surface area contributed by atoms with E-state index in [2.05, 4.69) is 16.9 Å². The number of nitrogens with zero attached hydrogens (tertiary/aromatic N) is 3. The SMILES string of the molecule is C.CC(C)(C)OC(=O)N1CCCC(CN(CC(F)(F)F)C(=O)c2cc3cc(Cl)ccc3[nH]2)C1.CCCCC1CCCN(C(=O)OC(C)(C)C)C1.O=C(O)c1cc2cc(Cl)ccc2[nH]1. The number of hydrogen-bond donors (Lipinski definition) is 3. The second-order valence-electron chi connectivity index (χ2n) is 17.9. The lowest BCUT2D eigenvalue weighted by Gasteiger charge is -2.36. The first-order chi connectivity index (χ1) is 28.9. The quantitative estimate of drug-likeness (QED) is 0.159. The number of likely N-dealkylation sites (tertiary alicyclic amines) is 2. The predicted octanol–water partition coefficient (Wildman–Crippen LogP) is 12.5. The second-order valence-corrected chi connectivity index (χ2v) is 18.8. The van der Waals surface area contributed by atoms with Crippen molar-refractivity contribution in [2.75, 3.05) is 39.3 Å². The molecule has 2 fully saturated rings. The third kappa shape index (κ3) is 17.5. The second kappa shape index (κ2) is 22.8. The van der Waals surface area contributed by atoms with E-state index in [1.165, 1.54) is 36.6 Å². The van der Waals surface area contributed by atoms with E-state index in [1.807, 2.05) is 25.7 Å². The lowest BCUT2D eigenvalue weighted by atomic mass is 9.93. The van der Waals surface area contributed by atoms with Crippen molar-refractivity contribution >= 4 is 69.1 Å². The van der Waals surface area contributed by atoms with E-state index >= 15 is 0 Å². The maximum Gasteiger partial charge on any atom is 0.410 e. The highest BCUT2D eigenvalue weighted by Gasteiger charge is 2.37. The Hall–Kier alpha value is -4.63. The zero-order valence-electron chi connectivity index (χ0n) is 36.6. The zero-order valence-corrected chi connectivity index (χ0v) is 38.1. The Balaban J connectivity index is 0.000000284. The number of alkyl halides is 3. The van der Waals surface area contributed by atoms with E-state index in [0.717, 1.165) is 35.3 Å². The summed E-state index contributed by atoms with van der Waals surface area (Å²) in [6.45, 7) is 14.2. The van der Waals surface area contributed by atoms with Crippen LogP contribution in [0.3, 0.4) is 0 Å². The lowest BCUT2D eigenvalue weighted by Crippen LogP contribution is -2.48. The molecule has 0 saturated carbocycles. The highest BCUT2D eigenvalue weighted by Crippen LogP contribution is 2.27.